The van der Waals surface area contributed by atoms with Crippen LogP contribution in [0.4, 0.5) is 0 Å². The van der Waals surface area contributed by atoms with E-state index in [1.165, 1.54) is 23.7 Å². The quantitative estimate of drug-likeness (QED) is 0.508. The summed E-state index contributed by atoms with van der Waals surface area (Å²) in [5, 5.41) is 0. The van der Waals surface area contributed by atoms with Gasteiger partial charge in [0.05, 0.1) is 26.4 Å². The first-order valence-corrected chi connectivity index (χ1v) is 9.09. The maximum atomic E-state index is 5.55. The van der Waals surface area contributed by atoms with Crippen LogP contribution in [0.25, 0.3) is 0 Å². The Balaban J connectivity index is 3.23. The first kappa shape index (κ1) is 17.2. The van der Waals surface area contributed by atoms with E-state index in [1.807, 2.05) is 0 Å². The lowest BCUT2D eigenvalue weighted by atomic mass is 10.5. The summed E-state index contributed by atoms with van der Waals surface area (Å²) < 4.78 is 15.8. The van der Waals surface area contributed by atoms with Crippen LogP contribution in [-0.2, 0) is 14.2 Å². The van der Waals surface area contributed by atoms with Gasteiger partial charge in [0.25, 0.3) is 0 Å². The first-order valence-electron chi connectivity index (χ1n) is 6.54. The fourth-order valence-corrected chi connectivity index (χ4v) is 3.27. The summed E-state index contributed by atoms with van der Waals surface area (Å²) in [6.45, 7) is 8.19. The highest BCUT2D eigenvalue weighted by molar-refractivity contribution is 8.33. The van der Waals surface area contributed by atoms with Gasteiger partial charge in [-0.1, -0.05) is 13.8 Å². The third-order valence-electron chi connectivity index (χ3n) is 3.12. The van der Waals surface area contributed by atoms with Gasteiger partial charge in [-0.05, 0) is 29.9 Å². The number of hydrogen-bond donors (Lipinski definition) is 0. The molecule has 0 rings (SSSR count). The Bertz CT molecular complexity index is 161. The molecule has 0 N–H and O–H groups in total. The summed E-state index contributed by atoms with van der Waals surface area (Å²) in [4.78, 5) is 0. The third kappa shape index (κ3) is 9.89. The molecular formula is C13H30O3S. The normalized spacial score (nSPS) is 12.9. The maximum absolute atomic E-state index is 5.55. The summed E-state index contributed by atoms with van der Waals surface area (Å²) in [6.07, 6.45) is 3.63. The summed E-state index contributed by atoms with van der Waals surface area (Å²) in [6, 6.07) is 0. The van der Waals surface area contributed by atoms with E-state index in [9.17, 15) is 0 Å². The van der Waals surface area contributed by atoms with Crippen LogP contribution in [-0.4, -0.2) is 63.7 Å². The predicted octanol–water partition coefficient (Wildman–Crippen LogP) is 2.53. The van der Waals surface area contributed by atoms with Crippen molar-refractivity contribution in [3.63, 3.8) is 0 Å². The van der Waals surface area contributed by atoms with Crippen molar-refractivity contribution in [2.75, 3.05) is 63.7 Å². The molecule has 0 bridgehead atoms. The second kappa shape index (κ2) is 11.3. The molecule has 0 amide bonds. The zero-order chi connectivity index (χ0) is 13.0. The van der Waals surface area contributed by atoms with Crippen LogP contribution in [0.15, 0.2) is 0 Å². The Morgan fingerprint density at radius 1 is 0.824 bits per heavy atom. The Kier molecular flexibility index (Phi) is 11.5. The Hall–Kier alpha value is 0.230. The number of rotatable bonds is 12. The smallest absolute Gasteiger partial charge is 0.0701 e. The molecule has 0 aromatic heterocycles. The Labute approximate surface area is 109 Å². The Morgan fingerprint density at radius 3 is 1.88 bits per heavy atom. The molecule has 3 nitrogen and oxygen atoms in total. The van der Waals surface area contributed by atoms with Gasteiger partial charge in [0, 0.05) is 13.7 Å². The van der Waals surface area contributed by atoms with Crippen LogP contribution in [0.2, 0.25) is 0 Å². The molecule has 0 aromatic carbocycles. The van der Waals surface area contributed by atoms with Crippen LogP contribution in [0.1, 0.15) is 20.3 Å². The van der Waals surface area contributed by atoms with E-state index >= 15 is 0 Å². The Morgan fingerprint density at radius 2 is 1.35 bits per heavy atom. The highest BCUT2D eigenvalue weighted by Gasteiger charge is 2.12. The van der Waals surface area contributed by atoms with Gasteiger partial charge in [0.2, 0.25) is 0 Å². The minimum atomic E-state index is -0.347. The van der Waals surface area contributed by atoms with Crippen molar-refractivity contribution in [1.82, 2.24) is 0 Å². The van der Waals surface area contributed by atoms with Gasteiger partial charge in [-0.2, -0.15) is 0 Å². The van der Waals surface area contributed by atoms with E-state index < -0.39 is 0 Å². The molecule has 0 saturated carbocycles. The molecule has 17 heavy (non-hydrogen) atoms. The van der Waals surface area contributed by atoms with Gasteiger partial charge in [-0.15, -0.1) is 0 Å². The van der Waals surface area contributed by atoms with E-state index in [0.717, 1.165) is 6.61 Å². The molecule has 0 aliphatic carbocycles. The predicted molar refractivity (Wildman–Crippen MR) is 77.6 cm³/mol. The van der Waals surface area contributed by atoms with E-state index in [1.54, 1.807) is 7.11 Å². The van der Waals surface area contributed by atoms with Gasteiger partial charge in [-0.3, -0.25) is 0 Å². The first-order chi connectivity index (χ1) is 8.18. The van der Waals surface area contributed by atoms with Crippen molar-refractivity contribution in [1.29, 1.82) is 0 Å². The summed E-state index contributed by atoms with van der Waals surface area (Å²) in [7, 11) is 1.33. The molecule has 4 heteroatoms. The van der Waals surface area contributed by atoms with Crippen LogP contribution < -0.4 is 0 Å². The highest BCUT2D eigenvalue weighted by Crippen LogP contribution is 2.43. The van der Waals surface area contributed by atoms with E-state index in [4.69, 9.17) is 14.2 Å². The zero-order valence-corrected chi connectivity index (χ0v) is 12.8. The molecule has 0 heterocycles. The summed E-state index contributed by atoms with van der Waals surface area (Å²) in [5.41, 5.74) is 0. The van der Waals surface area contributed by atoms with Gasteiger partial charge in [0.15, 0.2) is 0 Å². The lowest BCUT2D eigenvalue weighted by Crippen LogP contribution is -2.12. The largest absolute Gasteiger partial charge is 0.382 e. The highest BCUT2D eigenvalue weighted by atomic mass is 32.3. The molecule has 0 aliphatic heterocycles. The van der Waals surface area contributed by atoms with Crippen LogP contribution in [0, 0.1) is 0 Å². The molecule has 106 valence electrons. The van der Waals surface area contributed by atoms with Gasteiger partial charge < -0.3 is 14.2 Å². The zero-order valence-electron chi connectivity index (χ0n) is 12.0. The third-order valence-corrected chi connectivity index (χ3v) is 7.19. The van der Waals surface area contributed by atoms with Crippen LogP contribution in [0.5, 0.6) is 0 Å². The lowest BCUT2D eigenvalue weighted by Gasteiger charge is -2.33. The fourth-order valence-electron chi connectivity index (χ4n) is 1.47. The second-order valence-electron chi connectivity index (χ2n) is 4.33. The standard InChI is InChI=1S/C13H30O3S/c1-5-17(4,6-2)13-7-8-15-11-12-16-10-9-14-3/h5-13H2,1-4H3. The van der Waals surface area contributed by atoms with E-state index in [0.29, 0.717) is 26.4 Å². The molecular weight excluding hydrogens is 236 g/mol. The molecule has 0 radical (unpaired) electrons. The van der Waals surface area contributed by atoms with Crippen molar-refractivity contribution in [2.45, 2.75) is 20.3 Å². The van der Waals surface area contributed by atoms with E-state index in [-0.39, 0.29) is 10.0 Å². The second-order valence-corrected chi connectivity index (χ2v) is 8.85. The molecule has 0 atom stereocenters. The minimum Gasteiger partial charge on any atom is -0.382 e. The fraction of sp³-hybridized carbons (Fsp3) is 1.00. The van der Waals surface area contributed by atoms with Crippen molar-refractivity contribution >= 4 is 10.0 Å². The molecule has 0 unspecified atom stereocenters. The molecule has 0 aromatic rings. The van der Waals surface area contributed by atoms with Gasteiger partial charge in [0.1, 0.15) is 0 Å². The van der Waals surface area contributed by atoms with Crippen molar-refractivity contribution in [3.05, 3.63) is 0 Å². The molecule has 0 spiro atoms. The minimum absolute atomic E-state index is 0.347. The number of ether oxygens (including phenoxy) is 3. The van der Waals surface area contributed by atoms with Gasteiger partial charge in [-0.25, -0.2) is 10.0 Å². The van der Waals surface area contributed by atoms with Crippen molar-refractivity contribution in [3.8, 4) is 0 Å². The SMILES string of the molecule is CCS(C)(CC)CCCOCCOCCOC. The lowest BCUT2D eigenvalue weighted by molar-refractivity contribution is 0.0251. The van der Waals surface area contributed by atoms with Crippen molar-refractivity contribution in [2.24, 2.45) is 0 Å². The van der Waals surface area contributed by atoms with E-state index in [2.05, 4.69) is 20.1 Å². The molecule has 0 fully saturated rings. The molecule has 0 aliphatic rings. The topological polar surface area (TPSA) is 27.7 Å². The average molecular weight is 266 g/mol. The maximum Gasteiger partial charge on any atom is 0.0701 e. The summed E-state index contributed by atoms with van der Waals surface area (Å²) in [5.74, 6) is 4.01. The van der Waals surface area contributed by atoms with Crippen LogP contribution in [0.3, 0.4) is 0 Å². The number of methoxy groups -OCH3 is 1. The van der Waals surface area contributed by atoms with Crippen LogP contribution >= 0.6 is 10.0 Å². The average Bonchev–Trinajstić information content (AvgIpc) is 2.36. The van der Waals surface area contributed by atoms with Crippen molar-refractivity contribution < 1.29 is 14.2 Å². The monoisotopic (exact) mass is 266 g/mol. The number of hydrogen-bond acceptors (Lipinski definition) is 3. The van der Waals surface area contributed by atoms with Gasteiger partial charge >= 0.3 is 0 Å². The summed E-state index contributed by atoms with van der Waals surface area (Å²) >= 11 is 0. The molecule has 0 saturated heterocycles.